The fourth-order valence-corrected chi connectivity index (χ4v) is 6.10. The van der Waals surface area contributed by atoms with Crippen LogP contribution in [-0.4, -0.2) is 60.9 Å². The molecule has 3 unspecified atom stereocenters. The van der Waals surface area contributed by atoms with Crippen LogP contribution in [0, 0.1) is 0 Å². The van der Waals surface area contributed by atoms with Gasteiger partial charge in [0.05, 0.1) is 34.1 Å². The average Bonchev–Trinajstić information content (AvgIpc) is 3.62. The highest BCUT2D eigenvalue weighted by Gasteiger charge is 2.34. The maximum absolute atomic E-state index is 12.8. The molecule has 0 radical (unpaired) electrons. The zero-order valence-electron chi connectivity index (χ0n) is 21.9. The maximum Gasteiger partial charge on any atom is 0.414 e. The molecule has 9 nitrogen and oxygen atoms in total. The number of nitrogens with one attached hydrogen (secondary N) is 2. The number of ether oxygens (including phenoxy) is 1. The van der Waals surface area contributed by atoms with E-state index in [1.807, 2.05) is 24.3 Å². The number of allylic oxidation sites excluding steroid dienone is 1. The summed E-state index contributed by atoms with van der Waals surface area (Å²) in [6.07, 6.45) is 8.22. The molecular weight excluding hydrogens is 526 g/mol. The van der Waals surface area contributed by atoms with Crippen LogP contribution in [0.2, 0.25) is 0 Å². The minimum absolute atomic E-state index is 0.0359. The first-order valence-corrected chi connectivity index (χ1v) is 14.9. The van der Waals surface area contributed by atoms with E-state index in [9.17, 15) is 14.4 Å². The Labute approximate surface area is 233 Å². The minimum Gasteiger partial charge on any atom is -0.442 e. The van der Waals surface area contributed by atoms with Gasteiger partial charge in [0.15, 0.2) is 0 Å². The van der Waals surface area contributed by atoms with Crippen LogP contribution in [0.1, 0.15) is 58.3 Å². The fourth-order valence-electron chi connectivity index (χ4n) is 4.89. The Morgan fingerprint density at radius 3 is 2.74 bits per heavy atom. The molecule has 3 aliphatic rings. The van der Waals surface area contributed by atoms with Crippen molar-refractivity contribution in [2.24, 2.45) is 5.73 Å². The number of halogens is 1. The highest BCUT2D eigenvalue weighted by Crippen LogP contribution is 2.36. The molecular formula is C27H38ClN5O4S. The summed E-state index contributed by atoms with van der Waals surface area (Å²) >= 11 is 7.38. The van der Waals surface area contributed by atoms with Crippen LogP contribution in [0.15, 0.2) is 29.2 Å². The minimum atomic E-state index is -0.484. The molecule has 38 heavy (non-hydrogen) atoms. The number of thioether (sulfide) groups is 1. The van der Waals surface area contributed by atoms with Crippen LogP contribution in [0.25, 0.3) is 0 Å². The molecule has 4 rings (SSSR count). The van der Waals surface area contributed by atoms with Crippen molar-refractivity contribution in [2.75, 3.05) is 41.3 Å². The Balaban J connectivity index is 1.40. The lowest BCUT2D eigenvalue weighted by Crippen LogP contribution is -2.34. The van der Waals surface area contributed by atoms with Crippen molar-refractivity contribution in [3.63, 3.8) is 0 Å². The van der Waals surface area contributed by atoms with E-state index >= 15 is 0 Å². The highest BCUT2D eigenvalue weighted by molar-refractivity contribution is 8.05. The summed E-state index contributed by atoms with van der Waals surface area (Å²) in [5, 5.41) is 5.91. The summed E-state index contributed by atoms with van der Waals surface area (Å²) in [4.78, 5) is 42.2. The van der Waals surface area contributed by atoms with Gasteiger partial charge >= 0.3 is 6.09 Å². The lowest BCUT2D eigenvalue weighted by molar-refractivity contribution is -0.117. The average molecular weight is 564 g/mol. The summed E-state index contributed by atoms with van der Waals surface area (Å²) in [7, 11) is 0. The van der Waals surface area contributed by atoms with Gasteiger partial charge in [0.25, 0.3) is 5.91 Å². The number of nitrogens with zero attached hydrogens (tertiary/aromatic N) is 2. The van der Waals surface area contributed by atoms with Gasteiger partial charge in [-0.05, 0) is 37.5 Å². The monoisotopic (exact) mass is 563 g/mol. The van der Waals surface area contributed by atoms with E-state index in [0.29, 0.717) is 42.2 Å². The zero-order chi connectivity index (χ0) is 27.1. The van der Waals surface area contributed by atoms with E-state index in [1.165, 1.54) is 23.1 Å². The number of benzene rings is 1. The molecule has 1 aromatic rings. The smallest absolute Gasteiger partial charge is 0.414 e. The van der Waals surface area contributed by atoms with Gasteiger partial charge in [0, 0.05) is 31.2 Å². The third-order valence-corrected chi connectivity index (χ3v) is 8.47. The van der Waals surface area contributed by atoms with E-state index in [2.05, 4.69) is 22.5 Å². The first kappa shape index (κ1) is 28.6. The number of nitrogens with two attached hydrogens (primary N) is 1. The molecule has 1 aromatic carbocycles. The van der Waals surface area contributed by atoms with Crippen LogP contribution < -0.4 is 26.2 Å². The second-order valence-electron chi connectivity index (χ2n) is 10.1. The number of anilines is 3. The van der Waals surface area contributed by atoms with E-state index in [0.717, 1.165) is 44.3 Å². The number of amides is 3. The SMILES string of the molecule is CCCCCCCC(=O)Nc1cc(N2CC(CNC(=O)C3=CCC(Cl)S3)OC2=O)ccc1N1CCC(N)C1. The molecule has 0 aliphatic carbocycles. The molecule has 3 heterocycles. The molecule has 4 N–H and O–H groups in total. The fraction of sp³-hybridized carbons (Fsp3) is 0.593. The number of hydrogen-bond acceptors (Lipinski definition) is 7. The van der Waals surface area contributed by atoms with Crippen molar-refractivity contribution in [1.29, 1.82) is 0 Å². The molecule has 3 atom stereocenters. The quantitative estimate of drug-likeness (QED) is 0.252. The number of unbranched alkanes of at least 4 members (excludes halogenated alkanes) is 4. The van der Waals surface area contributed by atoms with Crippen LogP contribution in [-0.2, 0) is 14.3 Å². The third-order valence-electron chi connectivity index (χ3n) is 6.97. The Bertz CT molecular complexity index is 1050. The van der Waals surface area contributed by atoms with Gasteiger partial charge in [-0.3, -0.25) is 14.5 Å². The zero-order valence-corrected chi connectivity index (χ0v) is 23.5. The van der Waals surface area contributed by atoms with E-state index < -0.39 is 12.2 Å². The molecule has 3 aliphatic heterocycles. The predicted molar refractivity (Wildman–Crippen MR) is 154 cm³/mol. The molecule has 2 saturated heterocycles. The standard InChI is InChI=1S/C27H38ClN5O4S/c1-2-3-4-5-6-7-25(34)31-21-14-19(8-9-22(21)32-13-12-18(29)16-32)33-17-20(37-27(33)36)15-30-26(35)23-10-11-24(28)38-23/h8-10,14,18,20,24H,2-7,11-13,15-17,29H2,1H3,(H,30,35)(H,31,34). The van der Waals surface area contributed by atoms with Crippen molar-refractivity contribution in [1.82, 2.24) is 5.32 Å². The Hall–Kier alpha value is -2.43. The second-order valence-corrected chi connectivity index (χ2v) is 12.1. The summed E-state index contributed by atoms with van der Waals surface area (Å²) < 4.78 is 5.40. The maximum atomic E-state index is 12.8. The number of cyclic esters (lactones) is 1. The lowest BCUT2D eigenvalue weighted by Gasteiger charge is -2.24. The van der Waals surface area contributed by atoms with Gasteiger partial charge in [-0.2, -0.15) is 0 Å². The van der Waals surface area contributed by atoms with Gasteiger partial charge < -0.3 is 26.0 Å². The number of hydrogen-bond donors (Lipinski definition) is 3. The summed E-state index contributed by atoms with van der Waals surface area (Å²) in [5.74, 6) is -0.244. The lowest BCUT2D eigenvalue weighted by atomic mass is 10.1. The van der Waals surface area contributed by atoms with E-state index in [4.69, 9.17) is 22.1 Å². The molecule has 0 aromatic heterocycles. The first-order chi connectivity index (χ1) is 18.3. The summed E-state index contributed by atoms with van der Waals surface area (Å²) in [6.45, 7) is 4.20. The van der Waals surface area contributed by atoms with Gasteiger partial charge in [0.1, 0.15) is 6.10 Å². The number of carbonyl (C=O) groups excluding carboxylic acids is 3. The van der Waals surface area contributed by atoms with Crippen molar-refractivity contribution >= 4 is 58.3 Å². The number of alkyl halides is 1. The highest BCUT2D eigenvalue weighted by atomic mass is 35.5. The predicted octanol–water partition coefficient (Wildman–Crippen LogP) is 4.55. The van der Waals surface area contributed by atoms with Crippen molar-refractivity contribution in [3.8, 4) is 0 Å². The van der Waals surface area contributed by atoms with Crippen LogP contribution >= 0.6 is 23.4 Å². The van der Waals surface area contributed by atoms with Crippen molar-refractivity contribution in [3.05, 3.63) is 29.2 Å². The third kappa shape index (κ3) is 7.57. The number of carbonyl (C=O) groups is 3. The molecule has 3 amide bonds. The van der Waals surface area contributed by atoms with Crippen molar-refractivity contribution < 1.29 is 19.1 Å². The Kier molecular flexibility index (Phi) is 10.2. The Morgan fingerprint density at radius 2 is 2.03 bits per heavy atom. The van der Waals surface area contributed by atoms with Gasteiger partial charge in [-0.1, -0.05) is 38.7 Å². The first-order valence-electron chi connectivity index (χ1n) is 13.6. The largest absolute Gasteiger partial charge is 0.442 e. The Morgan fingerprint density at radius 1 is 1.21 bits per heavy atom. The normalized spacial score (nSPS) is 23.0. The van der Waals surface area contributed by atoms with Crippen LogP contribution in [0.3, 0.4) is 0 Å². The molecule has 11 heteroatoms. The number of rotatable bonds is 12. The topological polar surface area (TPSA) is 117 Å². The molecule has 0 saturated carbocycles. The summed E-state index contributed by atoms with van der Waals surface area (Å²) in [6, 6.07) is 5.72. The van der Waals surface area contributed by atoms with Gasteiger partial charge in [-0.25, -0.2) is 4.79 Å². The molecule has 0 spiro atoms. The van der Waals surface area contributed by atoms with Crippen LogP contribution in [0.4, 0.5) is 21.9 Å². The van der Waals surface area contributed by atoms with E-state index in [1.54, 1.807) is 0 Å². The molecule has 0 bridgehead atoms. The second kappa shape index (κ2) is 13.6. The molecule has 2 fully saturated rings. The summed E-state index contributed by atoms with van der Waals surface area (Å²) in [5.41, 5.74) is 8.34. The van der Waals surface area contributed by atoms with Gasteiger partial charge in [-0.15, -0.1) is 23.4 Å². The van der Waals surface area contributed by atoms with Crippen molar-refractivity contribution in [2.45, 2.75) is 75.1 Å². The van der Waals surface area contributed by atoms with Crippen LogP contribution in [0.5, 0.6) is 0 Å². The van der Waals surface area contributed by atoms with E-state index in [-0.39, 0.29) is 29.1 Å². The van der Waals surface area contributed by atoms with Gasteiger partial charge in [0.2, 0.25) is 5.91 Å². The molecule has 208 valence electrons.